The molecular weight excluding hydrogens is 678 g/mol. The quantitative estimate of drug-likeness (QED) is 0.140. The highest BCUT2D eigenvalue weighted by Gasteiger charge is 2.36. The molecule has 2 heterocycles. The predicted molar refractivity (Wildman–Crippen MR) is 192 cm³/mol. The van der Waals surface area contributed by atoms with Crippen molar-refractivity contribution in [1.82, 2.24) is 14.8 Å². The number of benzene rings is 3. The number of anilines is 2. The molecule has 0 fully saturated rings. The van der Waals surface area contributed by atoms with Crippen LogP contribution in [0.4, 0.5) is 11.6 Å². The number of fused-ring (bicyclic) bond motifs is 1. The molecule has 248 valence electrons. The Morgan fingerprint density at radius 3 is 2.38 bits per heavy atom. The molecule has 1 atom stereocenters. The number of carbonyl (C=O) groups excluding carboxylic acids is 1. The fraction of sp³-hybridized carbons (Fsp3) is 0.361. The van der Waals surface area contributed by atoms with Crippen LogP contribution in [0, 0.1) is 0 Å². The first kappa shape index (κ1) is 34.4. The van der Waals surface area contributed by atoms with Crippen molar-refractivity contribution in [3.8, 4) is 17.2 Å². The molecule has 3 aromatic carbocycles. The van der Waals surface area contributed by atoms with E-state index >= 15 is 0 Å². The van der Waals surface area contributed by atoms with Crippen molar-refractivity contribution >= 4 is 45.2 Å². The van der Waals surface area contributed by atoms with E-state index in [2.05, 4.69) is 78.5 Å². The number of amides is 1. The van der Waals surface area contributed by atoms with Gasteiger partial charge in [-0.25, -0.2) is 4.68 Å². The summed E-state index contributed by atoms with van der Waals surface area (Å²) >= 11 is 5.30. The summed E-state index contributed by atoms with van der Waals surface area (Å²) in [4.78, 5) is 18.9. The fourth-order valence-corrected chi connectivity index (χ4v) is 6.50. The third-order valence-corrected chi connectivity index (χ3v) is 8.95. The van der Waals surface area contributed by atoms with Crippen LogP contribution in [0.25, 0.3) is 0 Å². The van der Waals surface area contributed by atoms with Crippen LogP contribution in [0.5, 0.6) is 17.2 Å². The lowest BCUT2D eigenvalue weighted by molar-refractivity contribution is -0.113. The summed E-state index contributed by atoms with van der Waals surface area (Å²) < 4.78 is 20.8. The Balaban J connectivity index is 1.53. The van der Waals surface area contributed by atoms with Gasteiger partial charge in [-0.15, -0.1) is 5.10 Å². The van der Waals surface area contributed by atoms with Gasteiger partial charge in [-0.2, -0.15) is 4.98 Å². The van der Waals surface area contributed by atoms with Gasteiger partial charge in [0.25, 0.3) is 5.91 Å². The summed E-state index contributed by atoms with van der Waals surface area (Å²) in [5.41, 5.74) is 4.91. The van der Waals surface area contributed by atoms with E-state index in [0.717, 1.165) is 16.9 Å². The molecular formula is C36H42BrN5O4S. The van der Waals surface area contributed by atoms with Gasteiger partial charge in [0.15, 0.2) is 11.5 Å². The number of aromatic nitrogens is 3. The molecule has 5 rings (SSSR count). The van der Waals surface area contributed by atoms with E-state index in [-0.39, 0.29) is 11.3 Å². The van der Waals surface area contributed by atoms with Crippen molar-refractivity contribution < 1.29 is 19.0 Å². The Morgan fingerprint density at radius 1 is 1.00 bits per heavy atom. The largest absolute Gasteiger partial charge is 0.492 e. The molecule has 0 radical (unpaired) electrons. The van der Waals surface area contributed by atoms with E-state index in [4.69, 9.17) is 24.3 Å². The van der Waals surface area contributed by atoms with E-state index in [1.54, 1.807) is 4.68 Å². The number of halogens is 1. The monoisotopic (exact) mass is 719 g/mol. The maximum absolute atomic E-state index is 14.2. The van der Waals surface area contributed by atoms with E-state index in [1.165, 1.54) is 17.3 Å². The highest BCUT2D eigenvalue weighted by molar-refractivity contribution is 9.10. The van der Waals surface area contributed by atoms with Crippen LogP contribution in [0.3, 0.4) is 0 Å². The lowest BCUT2D eigenvalue weighted by atomic mass is 9.87. The average molecular weight is 721 g/mol. The van der Waals surface area contributed by atoms with Crippen molar-refractivity contribution in [3.63, 3.8) is 0 Å². The van der Waals surface area contributed by atoms with Crippen LogP contribution in [0.1, 0.15) is 71.2 Å². The van der Waals surface area contributed by atoms with Crippen molar-refractivity contribution in [1.29, 1.82) is 0 Å². The van der Waals surface area contributed by atoms with Crippen molar-refractivity contribution in [2.45, 2.75) is 71.7 Å². The topological polar surface area (TPSA) is 99.5 Å². The average Bonchev–Trinajstić information content (AvgIpc) is 3.42. The first-order valence-electron chi connectivity index (χ1n) is 15.8. The molecule has 0 bridgehead atoms. The van der Waals surface area contributed by atoms with E-state index in [1.807, 2.05) is 57.2 Å². The smallest absolute Gasteiger partial charge is 0.255 e. The Hall–Kier alpha value is -3.96. The van der Waals surface area contributed by atoms with Crippen molar-refractivity contribution in [3.05, 3.63) is 93.1 Å². The molecule has 1 unspecified atom stereocenters. The Morgan fingerprint density at radius 2 is 1.70 bits per heavy atom. The minimum Gasteiger partial charge on any atom is -0.492 e. The second-order valence-corrected chi connectivity index (χ2v) is 14.1. The van der Waals surface area contributed by atoms with Crippen molar-refractivity contribution in [2.75, 3.05) is 29.6 Å². The van der Waals surface area contributed by atoms with E-state index in [9.17, 15) is 4.79 Å². The maximum Gasteiger partial charge on any atom is 0.255 e. The lowest BCUT2D eigenvalue weighted by Gasteiger charge is -2.29. The summed E-state index contributed by atoms with van der Waals surface area (Å²) in [5, 5.41) is 11.8. The second-order valence-electron chi connectivity index (χ2n) is 12.0. The Bertz CT molecular complexity index is 1760. The van der Waals surface area contributed by atoms with Crippen LogP contribution >= 0.6 is 27.7 Å². The van der Waals surface area contributed by atoms with Gasteiger partial charge in [0.2, 0.25) is 11.1 Å². The number of carbonyl (C=O) groups is 1. The van der Waals surface area contributed by atoms with Crippen LogP contribution in [-0.2, 0) is 16.8 Å². The van der Waals surface area contributed by atoms with Gasteiger partial charge in [0, 0.05) is 5.70 Å². The first-order chi connectivity index (χ1) is 22.5. The zero-order valence-electron chi connectivity index (χ0n) is 27.9. The summed E-state index contributed by atoms with van der Waals surface area (Å²) in [6.45, 7) is 15.6. The number of hydrogen-bond donors (Lipinski definition) is 2. The second kappa shape index (κ2) is 14.9. The Labute approximate surface area is 289 Å². The van der Waals surface area contributed by atoms with Gasteiger partial charge < -0.3 is 24.8 Å². The summed E-state index contributed by atoms with van der Waals surface area (Å²) in [6.07, 6.45) is 0. The zero-order valence-corrected chi connectivity index (χ0v) is 30.3. The molecule has 0 spiro atoms. The number of allylic oxidation sites excluding steroid dienone is 1. The maximum atomic E-state index is 14.2. The fourth-order valence-electron chi connectivity index (χ4n) is 5.37. The van der Waals surface area contributed by atoms with Crippen LogP contribution in [-0.4, -0.2) is 39.6 Å². The van der Waals surface area contributed by atoms with Crippen LogP contribution < -0.4 is 24.8 Å². The van der Waals surface area contributed by atoms with E-state index in [0.29, 0.717) is 69.6 Å². The lowest BCUT2D eigenvalue weighted by Crippen LogP contribution is -2.31. The molecule has 1 aliphatic rings. The van der Waals surface area contributed by atoms with Crippen LogP contribution in [0.15, 0.2) is 81.6 Å². The molecule has 2 N–H and O–H groups in total. The molecule has 1 amide bonds. The normalized spacial score (nSPS) is 14.3. The van der Waals surface area contributed by atoms with Crippen molar-refractivity contribution in [2.24, 2.45) is 0 Å². The number of para-hydroxylation sites is 2. The number of nitrogens with one attached hydrogen (secondary N) is 2. The molecule has 47 heavy (non-hydrogen) atoms. The number of thioether (sulfide) groups is 1. The standard InChI is InChI=1S/C36H42BrN5O4S/c1-8-44-28-14-12-11-13-27(28)39-33(43)30-22(4)38-34-40-35(47-10-3)41-42(34)31(30)24-19-26(37)32(29(20-24)45-9-2)46-21-23-15-17-25(18-16-23)36(5,6)7/h11-20,31H,8-10,21H2,1-7H3,(H,39,43)(H,38,40,41). The predicted octanol–water partition coefficient (Wildman–Crippen LogP) is 8.75. The first-order valence-corrected chi connectivity index (χ1v) is 17.6. The minimum atomic E-state index is -0.612. The molecule has 4 aromatic rings. The molecule has 0 saturated heterocycles. The molecule has 0 aliphatic carbocycles. The SMILES string of the molecule is CCOc1ccccc1NC(=O)C1=C(C)Nc2nc(SCC)nn2C1c1cc(Br)c(OCc2ccc(C(C)(C)C)cc2)c(OCC)c1. The third kappa shape index (κ3) is 7.79. The van der Waals surface area contributed by atoms with Gasteiger partial charge >= 0.3 is 0 Å². The van der Waals surface area contributed by atoms with Gasteiger partial charge in [0.05, 0.1) is 28.9 Å². The zero-order chi connectivity index (χ0) is 33.7. The number of ether oxygens (including phenoxy) is 3. The Kier molecular flexibility index (Phi) is 10.9. The van der Waals surface area contributed by atoms with Gasteiger partial charge in [-0.1, -0.05) is 75.9 Å². The molecule has 1 aliphatic heterocycles. The van der Waals surface area contributed by atoms with Gasteiger partial charge in [-0.05, 0) is 88.8 Å². The molecule has 1 aromatic heterocycles. The summed E-state index contributed by atoms with van der Waals surface area (Å²) in [7, 11) is 0. The highest BCUT2D eigenvalue weighted by Crippen LogP contribution is 2.44. The summed E-state index contributed by atoms with van der Waals surface area (Å²) in [6, 6.07) is 19.2. The molecule has 0 saturated carbocycles. The highest BCUT2D eigenvalue weighted by atomic mass is 79.9. The molecule has 11 heteroatoms. The minimum absolute atomic E-state index is 0.0736. The van der Waals surface area contributed by atoms with E-state index < -0.39 is 6.04 Å². The number of rotatable bonds is 12. The number of nitrogens with zero attached hydrogens (tertiary/aromatic N) is 3. The number of hydrogen-bond acceptors (Lipinski definition) is 8. The van der Waals surface area contributed by atoms with Gasteiger partial charge in [-0.3, -0.25) is 4.79 Å². The molecule has 9 nitrogen and oxygen atoms in total. The van der Waals surface area contributed by atoms with Gasteiger partial charge in [0.1, 0.15) is 18.4 Å². The summed E-state index contributed by atoms with van der Waals surface area (Å²) in [5.74, 6) is 2.83. The third-order valence-electron chi connectivity index (χ3n) is 7.64. The van der Waals surface area contributed by atoms with Crippen LogP contribution in [0.2, 0.25) is 0 Å².